The quantitative estimate of drug-likeness (QED) is 0.308. The van der Waals surface area contributed by atoms with Gasteiger partial charge < -0.3 is 20.9 Å². The van der Waals surface area contributed by atoms with Gasteiger partial charge >= 0.3 is 0 Å². The van der Waals surface area contributed by atoms with Gasteiger partial charge in [-0.25, -0.2) is 4.98 Å². The standard InChI is InChI=1S/C30H40N10/c1-19-12-27(38-37-19)35-28-25-5-4-21(32-18-20-6-10-39(2)11-7-20)15-26(25)34-29(36-28)33-22-13-23-16-30(8-3-9-31)17-24(14-22)40(23)30/h4-5,12,15,20,22-24,32H,3,6-8,10-11,13-14,16-18H2,1-2H3,(H3,33,34,35,36,37,38)/t22?,23-,24+,30?. The van der Waals surface area contributed by atoms with Crippen LogP contribution in [0.1, 0.15) is 57.1 Å². The smallest absolute Gasteiger partial charge is 0.225 e. The first-order chi connectivity index (χ1) is 19.5. The summed E-state index contributed by atoms with van der Waals surface area (Å²) in [6, 6.07) is 12.3. The molecule has 2 aromatic heterocycles. The molecule has 4 atom stereocenters. The lowest BCUT2D eigenvalue weighted by Crippen LogP contribution is -2.81. The Bertz CT molecular complexity index is 1400. The average Bonchev–Trinajstić information content (AvgIpc) is 3.33. The Morgan fingerprint density at radius 2 is 1.93 bits per heavy atom. The van der Waals surface area contributed by atoms with Crippen LogP contribution in [-0.4, -0.2) is 80.3 Å². The van der Waals surface area contributed by atoms with Crippen LogP contribution in [0.5, 0.6) is 0 Å². The van der Waals surface area contributed by atoms with Gasteiger partial charge in [0.05, 0.1) is 11.6 Å². The molecule has 6 heterocycles. The normalized spacial score (nSPS) is 28.3. The van der Waals surface area contributed by atoms with Crippen LogP contribution in [-0.2, 0) is 0 Å². The van der Waals surface area contributed by atoms with Gasteiger partial charge in [0.25, 0.3) is 0 Å². The largest absolute Gasteiger partial charge is 0.385 e. The van der Waals surface area contributed by atoms with Gasteiger partial charge in [-0.2, -0.15) is 15.3 Å². The lowest BCUT2D eigenvalue weighted by atomic mass is 9.57. The van der Waals surface area contributed by atoms with Crippen molar-refractivity contribution in [2.24, 2.45) is 5.92 Å². The summed E-state index contributed by atoms with van der Waals surface area (Å²) in [5, 5.41) is 28.3. The minimum Gasteiger partial charge on any atom is -0.385 e. The molecule has 0 spiro atoms. The summed E-state index contributed by atoms with van der Waals surface area (Å²) in [6.45, 7) is 5.34. The van der Waals surface area contributed by atoms with E-state index in [2.05, 4.69) is 67.3 Å². The number of nitrogens with zero attached hydrogens (tertiary/aromatic N) is 6. The van der Waals surface area contributed by atoms with Gasteiger partial charge in [-0.05, 0) is 96.1 Å². The monoisotopic (exact) mass is 540 g/mol. The zero-order valence-corrected chi connectivity index (χ0v) is 23.6. The molecule has 0 aliphatic carbocycles. The summed E-state index contributed by atoms with van der Waals surface area (Å²) in [5.74, 6) is 2.89. The number of likely N-dealkylation sites (tertiary alicyclic amines) is 1. The highest BCUT2D eigenvalue weighted by atomic mass is 15.4. The van der Waals surface area contributed by atoms with Crippen molar-refractivity contribution < 1.29 is 0 Å². The van der Waals surface area contributed by atoms with Gasteiger partial charge in [0.1, 0.15) is 5.82 Å². The molecule has 40 heavy (non-hydrogen) atoms. The summed E-state index contributed by atoms with van der Waals surface area (Å²) in [5.41, 5.74) is 3.34. The molecule has 2 unspecified atom stereocenters. The second kappa shape index (κ2) is 10.2. The van der Waals surface area contributed by atoms with E-state index in [1.54, 1.807) is 0 Å². The molecule has 7 rings (SSSR count). The average molecular weight is 541 g/mol. The molecule has 4 aliphatic heterocycles. The number of aromatic nitrogens is 4. The van der Waals surface area contributed by atoms with Crippen LogP contribution < -0.4 is 16.0 Å². The minimum absolute atomic E-state index is 0.325. The van der Waals surface area contributed by atoms with Gasteiger partial charge in [-0.15, -0.1) is 0 Å². The van der Waals surface area contributed by atoms with E-state index in [-0.39, 0.29) is 0 Å². The SMILES string of the molecule is Cc1cc(Nc2nc(NC3C[C@@H]4CC5(CCC#N)C[C@H](C3)N45)nc3cc(NCC4CCN(C)CC4)ccc23)n[nH]1. The third-order valence-electron chi connectivity index (χ3n) is 9.80. The molecule has 0 radical (unpaired) electrons. The first kappa shape index (κ1) is 25.5. The predicted octanol–water partition coefficient (Wildman–Crippen LogP) is 4.62. The van der Waals surface area contributed by atoms with Crippen molar-refractivity contribution in [3.8, 4) is 6.07 Å². The fourth-order valence-electron chi connectivity index (χ4n) is 7.82. The third-order valence-corrected chi connectivity index (χ3v) is 9.80. The number of aryl methyl sites for hydroxylation is 1. The maximum absolute atomic E-state index is 9.07. The molecule has 3 aromatic rings. The summed E-state index contributed by atoms with van der Waals surface area (Å²) >= 11 is 0. The zero-order valence-electron chi connectivity index (χ0n) is 23.6. The topological polar surface area (TPSA) is 121 Å². The van der Waals surface area contributed by atoms with Crippen LogP contribution in [0.4, 0.5) is 23.3 Å². The molecule has 0 saturated carbocycles. The number of hydrogen-bond donors (Lipinski definition) is 4. The highest BCUT2D eigenvalue weighted by molar-refractivity contribution is 5.93. The summed E-state index contributed by atoms with van der Waals surface area (Å²) in [4.78, 5) is 15.1. The van der Waals surface area contributed by atoms with Crippen molar-refractivity contribution in [2.75, 3.05) is 42.6 Å². The second-order valence-electron chi connectivity index (χ2n) is 12.6. The van der Waals surface area contributed by atoms with Crippen molar-refractivity contribution in [1.82, 2.24) is 30.0 Å². The van der Waals surface area contributed by atoms with Gasteiger partial charge in [-0.1, -0.05) is 0 Å². The van der Waals surface area contributed by atoms with E-state index in [1.807, 2.05) is 13.0 Å². The predicted molar refractivity (Wildman–Crippen MR) is 158 cm³/mol. The van der Waals surface area contributed by atoms with Crippen molar-refractivity contribution in [3.05, 3.63) is 30.0 Å². The van der Waals surface area contributed by atoms with E-state index in [1.165, 1.54) is 38.8 Å². The molecule has 0 bridgehead atoms. The number of H-pyrrole nitrogens is 1. The van der Waals surface area contributed by atoms with Gasteiger partial charge in [0, 0.05) is 59.5 Å². The molecule has 10 heteroatoms. The molecule has 210 valence electrons. The van der Waals surface area contributed by atoms with Crippen LogP contribution in [0.15, 0.2) is 24.3 Å². The van der Waals surface area contributed by atoms with Crippen molar-refractivity contribution in [3.63, 3.8) is 0 Å². The lowest BCUT2D eigenvalue weighted by molar-refractivity contribution is -0.222. The van der Waals surface area contributed by atoms with E-state index in [0.29, 0.717) is 42.0 Å². The maximum Gasteiger partial charge on any atom is 0.225 e. The number of aromatic amines is 1. The van der Waals surface area contributed by atoms with Gasteiger partial charge in [0.2, 0.25) is 5.95 Å². The van der Waals surface area contributed by atoms with Crippen molar-refractivity contribution in [1.29, 1.82) is 5.26 Å². The van der Waals surface area contributed by atoms with Crippen molar-refractivity contribution >= 4 is 34.2 Å². The number of nitrogens with one attached hydrogen (secondary N) is 4. The molecule has 0 amide bonds. The number of nitriles is 1. The van der Waals surface area contributed by atoms with Crippen LogP contribution in [0, 0.1) is 24.2 Å². The highest BCUT2D eigenvalue weighted by Gasteiger charge is 2.64. The van der Waals surface area contributed by atoms with E-state index in [0.717, 1.165) is 59.7 Å². The Hall–Kier alpha value is -3.42. The van der Waals surface area contributed by atoms with E-state index < -0.39 is 0 Å². The van der Waals surface area contributed by atoms with Gasteiger partial charge in [0.15, 0.2) is 5.82 Å². The molecule has 4 saturated heterocycles. The van der Waals surface area contributed by atoms with Crippen LogP contribution in [0.2, 0.25) is 0 Å². The second-order valence-corrected chi connectivity index (χ2v) is 12.6. The molecule has 1 aromatic carbocycles. The number of benzene rings is 1. The first-order valence-electron chi connectivity index (χ1n) is 14.9. The molecule has 10 nitrogen and oxygen atoms in total. The molecule has 4 aliphatic rings. The Labute approximate surface area is 235 Å². The van der Waals surface area contributed by atoms with E-state index in [4.69, 9.17) is 15.2 Å². The summed E-state index contributed by atoms with van der Waals surface area (Å²) < 4.78 is 0. The number of hydrogen-bond acceptors (Lipinski definition) is 9. The number of piperidine rings is 3. The zero-order chi connectivity index (χ0) is 27.3. The first-order valence-corrected chi connectivity index (χ1v) is 14.9. The highest BCUT2D eigenvalue weighted by Crippen LogP contribution is 2.58. The van der Waals surface area contributed by atoms with Crippen LogP contribution >= 0.6 is 0 Å². The number of rotatable bonds is 9. The Balaban J connectivity index is 1.09. The Morgan fingerprint density at radius 1 is 1.12 bits per heavy atom. The fraction of sp³-hybridized carbons (Fsp3) is 0.600. The Morgan fingerprint density at radius 3 is 2.65 bits per heavy atom. The maximum atomic E-state index is 9.07. The number of anilines is 4. The molecule has 4 N–H and O–H groups in total. The summed E-state index contributed by atoms with van der Waals surface area (Å²) in [6.07, 6.45) is 8.83. The third kappa shape index (κ3) is 4.75. The van der Waals surface area contributed by atoms with E-state index >= 15 is 0 Å². The lowest BCUT2D eigenvalue weighted by Gasteiger charge is -2.74. The minimum atomic E-state index is 0.325. The van der Waals surface area contributed by atoms with Crippen LogP contribution in [0.3, 0.4) is 0 Å². The van der Waals surface area contributed by atoms with Crippen molar-refractivity contribution in [2.45, 2.75) is 82.0 Å². The molecular weight excluding hydrogens is 500 g/mol. The fourth-order valence-corrected chi connectivity index (χ4v) is 7.82. The Kier molecular flexibility index (Phi) is 6.51. The van der Waals surface area contributed by atoms with Gasteiger partial charge in [-0.3, -0.25) is 10.00 Å². The summed E-state index contributed by atoms with van der Waals surface area (Å²) in [7, 11) is 2.21. The van der Waals surface area contributed by atoms with E-state index in [9.17, 15) is 0 Å². The molecule has 4 fully saturated rings. The van der Waals surface area contributed by atoms with Crippen LogP contribution in [0.25, 0.3) is 10.9 Å². The number of fused-ring (bicyclic) bond motifs is 1. The molecular formula is C30H40N10.